The largest absolute Gasteiger partial charge is 0.494 e. The number of nitrogens with one attached hydrogen (secondary N) is 2. The monoisotopic (exact) mass is 654 g/mol. The molecule has 0 bridgehead atoms. The Labute approximate surface area is 233 Å². The molecule has 16 nitrogen and oxygen atoms in total. The highest BCUT2D eigenvalue weighted by atomic mass is 35.5. The number of methoxy groups -OCH3 is 1. The summed E-state index contributed by atoms with van der Waals surface area (Å²) in [6.07, 6.45) is 0. The Morgan fingerprint density at radius 2 is 1.57 bits per heavy atom. The molecule has 0 amide bonds. The molecule has 0 fully saturated rings. The van der Waals surface area contributed by atoms with E-state index in [1.54, 1.807) is 0 Å². The molecular formula is C19H12Cl2N4O12S3. The van der Waals surface area contributed by atoms with Crippen molar-refractivity contribution in [1.29, 1.82) is 5.41 Å². The Hall–Kier alpha value is -3.43. The minimum Gasteiger partial charge on any atom is -0.494 e. The molecule has 0 aromatic heterocycles. The topological polar surface area (TPSA) is 270 Å². The number of nitrogens with zero attached hydrogens (tertiary/aromatic N) is 1. The van der Waals surface area contributed by atoms with Gasteiger partial charge in [-0.1, -0.05) is 23.2 Å². The molecular weight excluding hydrogens is 643 g/mol. The van der Waals surface area contributed by atoms with Gasteiger partial charge in [0.25, 0.3) is 20.2 Å². The molecule has 2 aromatic rings. The fourth-order valence-corrected chi connectivity index (χ4v) is 6.69. The van der Waals surface area contributed by atoms with Crippen molar-refractivity contribution in [2.24, 2.45) is 0 Å². The molecule has 0 saturated heterocycles. The number of benzene rings is 3. The molecule has 212 valence electrons. The van der Waals surface area contributed by atoms with E-state index in [1.165, 1.54) is 7.11 Å². The molecule has 7 N–H and O–H groups in total. The number of nitrogen functional groups attached to an aromatic ring is 1. The fraction of sp³-hybridized carbons (Fsp3) is 0.0526. The van der Waals surface area contributed by atoms with E-state index in [9.17, 15) is 38.9 Å². The van der Waals surface area contributed by atoms with E-state index < -0.39 is 94.4 Å². The van der Waals surface area contributed by atoms with Gasteiger partial charge in [0, 0.05) is 6.07 Å². The average Bonchev–Trinajstić information content (AvgIpc) is 2.82. The lowest BCUT2D eigenvalue weighted by molar-refractivity contribution is 0.407. The maximum Gasteiger partial charge on any atom is 0.300 e. The highest BCUT2D eigenvalue weighted by Crippen LogP contribution is 2.57. The molecule has 2 heterocycles. The van der Waals surface area contributed by atoms with Gasteiger partial charge in [0.1, 0.15) is 48.6 Å². The molecule has 2 aliphatic heterocycles. The van der Waals surface area contributed by atoms with Gasteiger partial charge in [-0.3, -0.25) is 19.1 Å². The summed E-state index contributed by atoms with van der Waals surface area (Å²) >= 11 is 13.0. The van der Waals surface area contributed by atoms with Crippen LogP contribution in [0, 0.1) is 5.41 Å². The molecule has 40 heavy (non-hydrogen) atoms. The normalized spacial score (nSPS) is 13.4. The summed E-state index contributed by atoms with van der Waals surface area (Å²) in [6, 6.07) is 1.66. The van der Waals surface area contributed by atoms with Gasteiger partial charge in [-0.05, 0) is 6.07 Å². The number of ether oxygens (including phenoxy) is 2. The second-order valence-corrected chi connectivity index (χ2v) is 12.9. The van der Waals surface area contributed by atoms with Crippen molar-refractivity contribution >= 4 is 81.7 Å². The van der Waals surface area contributed by atoms with E-state index in [-0.39, 0.29) is 22.9 Å². The van der Waals surface area contributed by atoms with E-state index in [0.717, 1.165) is 6.07 Å². The van der Waals surface area contributed by atoms with Crippen LogP contribution < -0.4 is 25.9 Å². The minimum atomic E-state index is -5.35. The third-order valence-electron chi connectivity index (χ3n) is 5.58. The van der Waals surface area contributed by atoms with Gasteiger partial charge in [0.05, 0.1) is 12.8 Å². The maximum atomic E-state index is 12.1. The van der Waals surface area contributed by atoms with Crippen molar-refractivity contribution in [3.8, 4) is 28.7 Å². The van der Waals surface area contributed by atoms with Gasteiger partial charge in [0.2, 0.25) is 0 Å². The Kier molecular flexibility index (Phi) is 6.17. The minimum absolute atomic E-state index is 0.0586. The Morgan fingerprint density at radius 3 is 2.12 bits per heavy atom. The zero-order valence-electron chi connectivity index (χ0n) is 19.2. The quantitative estimate of drug-likeness (QED) is 0.0923. The predicted octanol–water partition coefficient (Wildman–Crippen LogP) is 2.90. The Morgan fingerprint density at radius 1 is 0.950 bits per heavy atom. The molecule has 1 aliphatic carbocycles. The molecule has 0 saturated carbocycles. The molecule has 3 aliphatic rings. The van der Waals surface area contributed by atoms with Crippen molar-refractivity contribution in [2.75, 3.05) is 18.2 Å². The summed E-state index contributed by atoms with van der Waals surface area (Å²) in [5, 5.41) is 8.53. The van der Waals surface area contributed by atoms with Gasteiger partial charge in [0.15, 0.2) is 32.6 Å². The van der Waals surface area contributed by atoms with Crippen molar-refractivity contribution in [3.05, 3.63) is 27.5 Å². The Balaban J connectivity index is 1.92. The number of nitrogens with two attached hydrogens (primary N) is 1. The lowest BCUT2D eigenvalue weighted by Crippen LogP contribution is -2.23. The smallest absolute Gasteiger partial charge is 0.300 e. The summed E-state index contributed by atoms with van der Waals surface area (Å²) < 4.78 is 117. The van der Waals surface area contributed by atoms with Crippen LogP contribution in [0.15, 0.2) is 31.2 Å². The molecule has 21 heteroatoms. The SMILES string of the molecule is COc1cc(N)c(S(=O)(=O)O)c2c1Nc1c(c(Cl)c3nc4cc(S(=O)(=O)O)c(=N)c(S(=O)(=O)O)c-4oc3c1Cl)O2. The van der Waals surface area contributed by atoms with Gasteiger partial charge in [-0.15, -0.1) is 0 Å². The first-order valence-electron chi connectivity index (χ1n) is 10.1. The number of fused-ring (bicyclic) bond motifs is 4. The lowest BCUT2D eigenvalue weighted by atomic mass is 10.1. The third-order valence-corrected chi connectivity index (χ3v) is 9.01. The summed E-state index contributed by atoms with van der Waals surface area (Å²) in [5.41, 5.74) is 3.52. The number of halogens is 2. The summed E-state index contributed by atoms with van der Waals surface area (Å²) in [5.74, 6) is -1.80. The van der Waals surface area contributed by atoms with Gasteiger partial charge >= 0.3 is 10.1 Å². The fourth-order valence-electron chi connectivity index (χ4n) is 4.00. The van der Waals surface area contributed by atoms with Crippen LogP contribution in [0.25, 0.3) is 22.6 Å². The molecule has 0 spiro atoms. The van der Waals surface area contributed by atoms with E-state index in [1.807, 2.05) is 0 Å². The van der Waals surface area contributed by atoms with Crippen LogP contribution in [0.3, 0.4) is 0 Å². The number of rotatable bonds is 4. The van der Waals surface area contributed by atoms with Gasteiger partial charge < -0.3 is 24.9 Å². The standard InChI is InChI=1S/C19H12Cl2N4O12S3/c1-35-6-2-4(22)18(39(29,30)31)17-11(6)25-13-9(21)15-12(8(20)16(13)37-17)24-5-3-7(38(26,27)28)10(23)19(14(5)36-15)40(32,33)34/h2-3,23,25H,22H2,1H3,(H,26,27,28)(H,29,30,31)(H,32,33,34). The van der Waals surface area contributed by atoms with Crippen LogP contribution in [0.4, 0.5) is 17.1 Å². The van der Waals surface area contributed by atoms with Gasteiger partial charge in [-0.2, -0.15) is 25.3 Å². The molecule has 0 unspecified atom stereocenters. The van der Waals surface area contributed by atoms with Gasteiger partial charge in [-0.25, -0.2) is 4.98 Å². The zero-order valence-corrected chi connectivity index (χ0v) is 23.1. The first-order valence-corrected chi connectivity index (χ1v) is 15.2. The van der Waals surface area contributed by atoms with Crippen molar-refractivity contribution in [2.45, 2.75) is 14.7 Å². The Bertz CT molecular complexity index is 2180. The predicted molar refractivity (Wildman–Crippen MR) is 137 cm³/mol. The molecule has 0 radical (unpaired) electrons. The van der Waals surface area contributed by atoms with Crippen molar-refractivity contribution < 1.29 is 52.8 Å². The molecule has 2 aromatic carbocycles. The third kappa shape index (κ3) is 4.18. The number of anilines is 3. The number of aromatic nitrogens is 1. The second kappa shape index (κ2) is 8.78. The maximum absolute atomic E-state index is 12.1. The van der Waals surface area contributed by atoms with E-state index in [2.05, 4.69) is 10.3 Å². The van der Waals surface area contributed by atoms with E-state index in [4.69, 9.17) is 48.2 Å². The zero-order chi connectivity index (χ0) is 29.7. The first-order chi connectivity index (χ1) is 18.4. The number of hydrogen-bond acceptors (Lipinski definition) is 13. The molecule has 5 rings (SSSR count). The van der Waals surface area contributed by atoms with Crippen LogP contribution in [-0.2, 0) is 30.4 Å². The number of hydrogen-bond donors (Lipinski definition) is 6. The average molecular weight is 655 g/mol. The molecule has 0 atom stereocenters. The highest BCUT2D eigenvalue weighted by Gasteiger charge is 2.36. The lowest BCUT2D eigenvalue weighted by Gasteiger charge is -2.27. The van der Waals surface area contributed by atoms with Crippen LogP contribution in [0.2, 0.25) is 10.0 Å². The first kappa shape index (κ1) is 28.1. The van der Waals surface area contributed by atoms with Crippen molar-refractivity contribution in [3.63, 3.8) is 0 Å². The van der Waals surface area contributed by atoms with Crippen LogP contribution >= 0.6 is 23.2 Å². The van der Waals surface area contributed by atoms with Crippen molar-refractivity contribution in [1.82, 2.24) is 4.98 Å². The second-order valence-electron chi connectivity index (χ2n) is 8.00. The van der Waals surface area contributed by atoms with Crippen LogP contribution in [0.1, 0.15) is 0 Å². The summed E-state index contributed by atoms with van der Waals surface area (Å²) in [4.78, 5) is 0.621. The van der Waals surface area contributed by atoms with Crippen LogP contribution in [0.5, 0.6) is 17.2 Å². The summed E-state index contributed by atoms with van der Waals surface area (Å²) in [6.45, 7) is 0. The highest BCUT2D eigenvalue weighted by molar-refractivity contribution is 7.86. The van der Waals surface area contributed by atoms with Crippen LogP contribution in [-0.4, -0.2) is 51.0 Å². The van der Waals surface area contributed by atoms with E-state index in [0.29, 0.717) is 6.07 Å². The van der Waals surface area contributed by atoms with E-state index >= 15 is 0 Å². The summed E-state index contributed by atoms with van der Waals surface area (Å²) in [7, 11) is -14.3.